The number of pyridine rings is 1. The molecule has 4 heteroatoms. The normalized spacial score (nSPS) is 20.5. The van der Waals surface area contributed by atoms with Crippen LogP contribution in [0.2, 0.25) is 0 Å². The Morgan fingerprint density at radius 2 is 2.09 bits per heavy atom. The quantitative estimate of drug-likeness (QED) is 0.909. The van der Waals surface area contributed by atoms with Crippen molar-refractivity contribution in [2.24, 2.45) is 0 Å². The number of aryl methyl sites for hydroxylation is 1. The lowest BCUT2D eigenvalue weighted by atomic mass is 9.87. The minimum atomic E-state index is 0.283. The maximum absolute atomic E-state index is 9.65. The number of hydrogen-bond donors (Lipinski definition) is 1. The molecule has 3 rings (SSSR count). The highest BCUT2D eigenvalue weighted by molar-refractivity contribution is 5.56. The molecule has 0 spiro atoms. The van der Waals surface area contributed by atoms with E-state index in [9.17, 15) is 5.26 Å². The first-order valence-corrected chi connectivity index (χ1v) is 8.69. The summed E-state index contributed by atoms with van der Waals surface area (Å²) in [5.74, 6) is 0.905. The van der Waals surface area contributed by atoms with Gasteiger partial charge in [-0.05, 0) is 56.1 Å². The van der Waals surface area contributed by atoms with Crippen molar-refractivity contribution in [1.82, 2.24) is 0 Å². The fourth-order valence-electron chi connectivity index (χ4n) is 3.69. The van der Waals surface area contributed by atoms with Crippen molar-refractivity contribution < 1.29 is 9.72 Å². The van der Waals surface area contributed by atoms with E-state index in [-0.39, 0.29) is 6.10 Å². The molecule has 1 aliphatic carbocycles. The van der Waals surface area contributed by atoms with E-state index in [2.05, 4.69) is 23.3 Å². The van der Waals surface area contributed by atoms with Gasteiger partial charge in [0.2, 0.25) is 0 Å². The highest BCUT2D eigenvalue weighted by atomic mass is 16.5. The van der Waals surface area contributed by atoms with Gasteiger partial charge < -0.3 is 4.74 Å². The summed E-state index contributed by atoms with van der Waals surface area (Å²) in [4.78, 5) is 3.53. The number of nitrogens with one attached hydrogen (secondary N) is 2. The number of ether oxygens (including phenoxy) is 1. The summed E-state index contributed by atoms with van der Waals surface area (Å²) in [7, 11) is 0. The van der Waals surface area contributed by atoms with Crippen LogP contribution in [0, 0.1) is 11.3 Å². The third-order valence-electron chi connectivity index (χ3n) is 4.80. The van der Waals surface area contributed by atoms with E-state index in [1.165, 1.54) is 29.7 Å². The molecule has 0 saturated carbocycles. The van der Waals surface area contributed by atoms with E-state index in [4.69, 9.17) is 4.74 Å². The molecule has 1 atom stereocenters. The number of rotatable bonds is 5. The minimum Gasteiger partial charge on any atom is -0.374 e. The molecule has 0 radical (unpaired) electrons. The molecule has 2 N–H and O–H groups in total. The van der Waals surface area contributed by atoms with Gasteiger partial charge in [-0.2, -0.15) is 5.26 Å². The van der Waals surface area contributed by atoms with Crippen molar-refractivity contribution in [2.45, 2.75) is 64.4 Å². The molecule has 1 aliphatic heterocycles. The van der Waals surface area contributed by atoms with Crippen molar-refractivity contribution in [3.05, 3.63) is 22.4 Å². The van der Waals surface area contributed by atoms with Crippen molar-refractivity contribution in [3.8, 4) is 6.07 Å². The lowest BCUT2D eigenvalue weighted by Crippen LogP contribution is -2.29. The predicted octanol–water partition coefficient (Wildman–Crippen LogP) is 2.79. The van der Waals surface area contributed by atoms with Crippen LogP contribution in [-0.2, 0) is 24.0 Å². The number of nitriles is 1. The zero-order valence-electron chi connectivity index (χ0n) is 13.5. The van der Waals surface area contributed by atoms with E-state index in [1.807, 2.05) is 0 Å². The molecule has 118 valence electrons. The van der Waals surface area contributed by atoms with Gasteiger partial charge in [-0.15, -0.1) is 0 Å². The lowest BCUT2D eigenvalue weighted by molar-refractivity contribution is -0.375. The SMILES string of the molecule is CCCc1[nH+]c(NC[C@@H]2CCCO2)c(C#N)c2c1CCCC2. The van der Waals surface area contributed by atoms with Gasteiger partial charge in [0.25, 0.3) is 5.82 Å². The Balaban J connectivity index is 1.89. The maximum atomic E-state index is 9.65. The van der Waals surface area contributed by atoms with Gasteiger partial charge in [-0.1, -0.05) is 6.92 Å². The third-order valence-corrected chi connectivity index (χ3v) is 4.80. The molecule has 1 saturated heterocycles. The fourth-order valence-corrected chi connectivity index (χ4v) is 3.69. The molecule has 0 aromatic carbocycles. The molecule has 4 nitrogen and oxygen atoms in total. The summed E-state index contributed by atoms with van der Waals surface area (Å²) in [6, 6.07) is 2.43. The van der Waals surface area contributed by atoms with Crippen molar-refractivity contribution in [2.75, 3.05) is 18.5 Å². The number of anilines is 1. The van der Waals surface area contributed by atoms with Gasteiger partial charge in [0, 0.05) is 13.0 Å². The van der Waals surface area contributed by atoms with E-state index in [0.29, 0.717) is 0 Å². The van der Waals surface area contributed by atoms with E-state index in [1.54, 1.807) is 0 Å². The summed E-state index contributed by atoms with van der Waals surface area (Å²) in [5, 5.41) is 13.1. The number of fused-ring (bicyclic) bond motifs is 1. The topological polar surface area (TPSA) is 59.2 Å². The number of nitrogens with zero attached hydrogens (tertiary/aromatic N) is 1. The maximum Gasteiger partial charge on any atom is 0.290 e. The highest BCUT2D eigenvalue weighted by Crippen LogP contribution is 2.29. The average molecular weight is 300 g/mol. The Morgan fingerprint density at radius 3 is 2.77 bits per heavy atom. The zero-order valence-corrected chi connectivity index (χ0v) is 13.5. The summed E-state index contributed by atoms with van der Waals surface area (Å²) >= 11 is 0. The average Bonchev–Trinajstić information content (AvgIpc) is 3.06. The Morgan fingerprint density at radius 1 is 1.27 bits per heavy atom. The first-order valence-electron chi connectivity index (χ1n) is 8.69. The Kier molecular flexibility index (Phi) is 4.94. The van der Waals surface area contributed by atoms with Crippen LogP contribution in [0.5, 0.6) is 0 Å². The van der Waals surface area contributed by atoms with E-state index < -0.39 is 0 Å². The first kappa shape index (κ1) is 15.3. The van der Waals surface area contributed by atoms with Crippen molar-refractivity contribution in [1.29, 1.82) is 5.26 Å². The summed E-state index contributed by atoms with van der Waals surface area (Å²) in [6.45, 7) is 3.86. The van der Waals surface area contributed by atoms with Crippen LogP contribution < -0.4 is 10.3 Å². The van der Waals surface area contributed by atoms with Gasteiger partial charge in [0.15, 0.2) is 0 Å². The molecule has 0 unspecified atom stereocenters. The van der Waals surface area contributed by atoms with Crippen LogP contribution in [-0.4, -0.2) is 19.3 Å². The molecule has 2 aliphatic rings. The molecule has 1 fully saturated rings. The van der Waals surface area contributed by atoms with Crippen LogP contribution in [0.3, 0.4) is 0 Å². The molecule has 1 aromatic heterocycles. The van der Waals surface area contributed by atoms with Crippen LogP contribution in [0.25, 0.3) is 0 Å². The first-order chi connectivity index (χ1) is 10.8. The van der Waals surface area contributed by atoms with Gasteiger partial charge in [0.1, 0.15) is 23.9 Å². The van der Waals surface area contributed by atoms with Gasteiger partial charge in [-0.3, -0.25) is 5.32 Å². The second-order valence-electron chi connectivity index (χ2n) is 6.40. The molecule has 0 amide bonds. The summed E-state index contributed by atoms with van der Waals surface area (Å²) in [5.41, 5.74) is 4.84. The molecule has 1 aromatic rings. The monoisotopic (exact) mass is 300 g/mol. The van der Waals surface area contributed by atoms with Crippen molar-refractivity contribution in [3.63, 3.8) is 0 Å². The Labute approximate surface area is 132 Å². The fraction of sp³-hybridized carbons (Fsp3) is 0.667. The third kappa shape index (κ3) is 3.10. The van der Waals surface area contributed by atoms with Crippen LogP contribution >= 0.6 is 0 Å². The standard InChI is InChI=1S/C18H25N3O/c1-2-6-17-15-9-4-3-8-14(15)16(11-19)18(21-17)20-12-13-7-5-10-22-13/h13H,2-10,12H2,1H3,(H,20,21)/p+1/t13-/m0/s1. The van der Waals surface area contributed by atoms with Crippen LogP contribution in [0.1, 0.15) is 61.4 Å². The largest absolute Gasteiger partial charge is 0.374 e. The molecule has 0 bridgehead atoms. The van der Waals surface area contributed by atoms with Crippen molar-refractivity contribution >= 4 is 5.82 Å². The van der Waals surface area contributed by atoms with Gasteiger partial charge in [0.05, 0.1) is 6.10 Å². The number of aromatic nitrogens is 1. The molecular formula is C18H26N3O+. The molecule has 2 heterocycles. The Bertz CT molecular complexity index is 571. The highest BCUT2D eigenvalue weighted by Gasteiger charge is 2.26. The number of hydrogen-bond acceptors (Lipinski definition) is 3. The van der Waals surface area contributed by atoms with E-state index in [0.717, 1.165) is 63.1 Å². The number of H-pyrrole nitrogens is 1. The number of aromatic amines is 1. The summed E-state index contributed by atoms with van der Waals surface area (Å²) in [6.07, 6.45) is 9.32. The minimum absolute atomic E-state index is 0.283. The summed E-state index contributed by atoms with van der Waals surface area (Å²) < 4.78 is 5.68. The zero-order chi connectivity index (χ0) is 15.4. The smallest absolute Gasteiger partial charge is 0.290 e. The Hall–Kier alpha value is -1.60. The second kappa shape index (κ2) is 7.11. The van der Waals surface area contributed by atoms with Gasteiger partial charge in [-0.25, -0.2) is 4.98 Å². The predicted molar refractivity (Wildman–Crippen MR) is 85.8 cm³/mol. The van der Waals surface area contributed by atoms with E-state index >= 15 is 0 Å². The van der Waals surface area contributed by atoms with Crippen LogP contribution in [0.4, 0.5) is 5.82 Å². The second-order valence-corrected chi connectivity index (χ2v) is 6.40. The molecular weight excluding hydrogens is 274 g/mol. The molecule has 22 heavy (non-hydrogen) atoms. The lowest BCUT2D eigenvalue weighted by Gasteiger charge is -2.20. The van der Waals surface area contributed by atoms with Crippen LogP contribution in [0.15, 0.2) is 0 Å². The van der Waals surface area contributed by atoms with Gasteiger partial charge >= 0.3 is 0 Å².